The van der Waals surface area contributed by atoms with Crippen LogP contribution in [0.2, 0.25) is 10.0 Å². The van der Waals surface area contributed by atoms with Crippen molar-refractivity contribution in [1.29, 1.82) is 0 Å². The molecule has 8 heteroatoms. The number of rotatable bonds is 5. The number of hydrogen-bond acceptors (Lipinski definition) is 4. The van der Waals surface area contributed by atoms with Crippen molar-refractivity contribution in [3.63, 3.8) is 0 Å². The smallest absolute Gasteiger partial charge is 0.242 e. The molecule has 1 amide bonds. The number of halogens is 2. The van der Waals surface area contributed by atoms with E-state index in [2.05, 4.69) is 5.32 Å². The minimum absolute atomic E-state index is 0.0508. The van der Waals surface area contributed by atoms with Crippen molar-refractivity contribution in [3.05, 3.63) is 22.2 Å². The third-order valence-corrected chi connectivity index (χ3v) is 5.57. The van der Waals surface area contributed by atoms with Crippen molar-refractivity contribution in [1.82, 2.24) is 0 Å². The topological polar surface area (TPSA) is 89.3 Å². The zero-order valence-corrected chi connectivity index (χ0v) is 13.4. The molecule has 0 aliphatic carbocycles. The maximum absolute atomic E-state index is 12.0. The van der Waals surface area contributed by atoms with Gasteiger partial charge in [0, 0.05) is 5.69 Å². The second-order valence-corrected chi connectivity index (χ2v) is 7.61. The van der Waals surface area contributed by atoms with E-state index >= 15 is 0 Å². The number of carbonyl (C=O) groups is 1. The summed E-state index contributed by atoms with van der Waals surface area (Å²) in [5, 5.41) is 1.57. The molecule has 3 N–H and O–H groups in total. The van der Waals surface area contributed by atoms with Crippen LogP contribution in [0.4, 0.5) is 11.4 Å². The number of sulfone groups is 1. The fourth-order valence-electron chi connectivity index (χ4n) is 1.56. The predicted molar refractivity (Wildman–Crippen MR) is 83.0 cm³/mol. The van der Waals surface area contributed by atoms with Gasteiger partial charge in [0.05, 0.1) is 21.5 Å². The molecule has 0 aromatic heterocycles. The monoisotopic (exact) mass is 338 g/mol. The molecular weight excluding hydrogens is 323 g/mol. The van der Waals surface area contributed by atoms with E-state index in [1.165, 1.54) is 19.1 Å². The number of hydrogen-bond donors (Lipinski definition) is 2. The largest absolute Gasteiger partial charge is 0.399 e. The Labute approximate surface area is 128 Å². The summed E-state index contributed by atoms with van der Waals surface area (Å²) in [4.78, 5) is 12.0. The second-order valence-electron chi connectivity index (χ2n) is 4.36. The molecule has 20 heavy (non-hydrogen) atoms. The van der Waals surface area contributed by atoms with Gasteiger partial charge in [0.1, 0.15) is 5.25 Å². The normalized spacial score (nSPS) is 13.0. The molecule has 0 fully saturated rings. The first-order valence-corrected chi connectivity index (χ1v) is 8.43. The molecule has 1 atom stereocenters. The minimum Gasteiger partial charge on any atom is -0.399 e. The Bertz CT molecular complexity index is 594. The van der Waals surface area contributed by atoms with Crippen LogP contribution in [0.25, 0.3) is 0 Å². The first-order valence-electron chi connectivity index (χ1n) is 5.96. The van der Waals surface area contributed by atoms with E-state index < -0.39 is 21.0 Å². The van der Waals surface area contributed by atoms with Crippen LogP contribution in [0.3, 0.4) is 0 Å². The summed E-state index contributed by atoms with van der Waals surface area (Å²) in [7, 11) is -3.49. The molecule has 0 heterocycles. The number of carbonyl (C=O) groups excluding carboxylic acids is 1. The number of nitrogens with two attached hydrogens (primary N) is 1. The van der Waals surface area contributed by atoms with Gasteiger partial charge < -0.3 is 11.1 Å². The van der Waals surface area contributed by atoms with Gasteiger partial charge >= 0.3 is 0 Å². The second kappa shape index (κ2) is 6.65. The maximum atomic E-state index is 12.0. The molecule has 1 aromatic carbocycles. The molecule has 0 saturated heterocycles. The van der Waals surface area contributed by atoms with E-state index in [4.69, 9.17) is 28.9 Å². The van der Waals surface area contributed by atoms with Crippen molar-refractivity contribution >= 4 is 50.3 Å². The summed E-state index contributed by atoms with van der Waals surface area (Å²) in [6.07, 6.45) is 0.448. The van der Waals surface area contributed by atoms with Crippen molar-refractivity contribution in [2.75, 3.05) is 16.8 Å². The molecule has 0 saturated carbocycles. The van der Waals surface area contributed by atoms with Crippen molar-refractivity contribution in [2.45, 2.75) is 25.5 Å². The average molecular weight is 339 g/mol. The molecule has 0 aliphatic heterocycles. The highest BCUT2D eigenvalue weighted by atomic mass is 35.5. The molecular formula is C12H16Cl2N2O3S. The Morgan fingerprint density at radius 2 is 1.85 bits per heavy atom. The fraction of sp³-hybridized carbons (Fsp3) is 0.417. The first kappa shape index (κ1) is 17.1. The van der Waals surface area contributed by atoms with E-state index in [9.17, 15) is 13.2 Å². The van der Waals surface area contributed by atoms with Crippen molar-refractivity contribution in [3.8, 4) is 0 Å². The Kier molecular flexibility index (Phi) is 5.68. The van der Waals surface area contributed by atoms with Crippen LogP contribution < -0.4 is 11.1 Å². The van der Waals surface area contributed by atoms with Gasteiger partial charge in [0.15, 0.2) is 9.84 Å². The highest BCUT2D eigenvalue weighted by molar-refractivity contribution is 7.92. The summed E-state index contributed by atoms with van der Waals surface area (Å²) >= 11 is 11.9. The molecule has 1 aromatic rings. The van der Waals surface area contributed by atoms with E-state index in [1.54, 1.807) is 6.92 Å². The summed E-state index contributed by atoms with van der Waals surface area (Å²) in [5.41, 5.74) is 6.06. The van der Waals surface area contributed by atoms with E-state index in [-0.39, 0.29) is 21.5 Å². The zero-order valence-electron chi connectivity index (χ0n) is 11.1. The minimum atomic E-state index is -3.49. The van der Waals surface area contributed by atoms with Crippen LogP contribution in [0, 0.1) is 0 Å². The van der Waals surface area contributed by atoms with Crippen molar-refractivity contribution < 1.29 is 13.2 Å². The lowest BCUT2D eigenvalue weighted by Crippen LogP contribution is -2.34. The third kappa shape index (κ3) is 4.01. The number of amides is 1. The number of nitrogen functional groups attached to an aromatic ring is 1. The van der Waals surface area contributed by atoms with Gasteiger partial charge in [-0.3, -0.25) is 4.79 Å². The van der Waals surface area contributed by atoms with Gasteiger partial charge in [-0.25, -0.2) is 8.42 Å². The van der Waals surface area contributed by atoms with E-state index in [0.29, 0.717) is 12.1 Å². The summed E-state index contributed by atoms with van der Waals surface area (Å²) in [6, 6.07) is 2.85. The van der Waals surface area contributed by atoms with Crippen LogP contribution >= 0.6 is 23.2 Å². The Balaban J connectivity index is 2.98. The zero-order chi connectivity index (χ0) is 15.5. The molecule has 0 aliphatic rings. The van der Waals surface area contributed by atoms with E-state index in [0.717, 1.165) is 0 Å². The maximum Gasteiger partial charge on any atom is 0.242 e. The Morgan fingerprint density at radius 1 is 1.35 bits per heavy atom. The van der Waals surface area contributed by atoms with Crippen LogP contribution in [-0.2, 0) is 14.6 Å². The van der Waals surface area contributed by atoms with Gasteiger partial charge in [-0.05, 0) is 25.5 Å². The van der Waals surface area contributed by atoms with Gasteiger partial charge in [-0.1, -0.05) is 30.1 Å². The third-order valence-electron chi connectivity index (χ3n) is 2.71. The predicted octanol–water partition coefficient (Wildman–Crippen LogP) is 2.73. The summed E-state index contributed by atoms with van der Waals surface area (Å²) in [6.45, 7) is 3.06. The molecule has 112 valence electrons. The van der Waals surface area contributed by atoms with E-state index in [1.807, 2.05) is 0 Å². The average Bonchev–Trinajstić information content (AvgIpc) is 2.32. The summed E-state index contributed by atoms with van der Waals surface area (Å²) < 4.78 is 23.7. The fourth-order valence-corrected chi connectivity index (χ4v) is 3.47. The lowest BCUT2D eigenvalue weighted by molar-refractivity contribution is -0.115. The standard InChI is InChI=1S/C12H16Cl2N2O3S/c1-3-4-20(18,19)7(2)12(17)16-11-9(13)5-8(15)6-10(11)14/h5-7H,3-4,15H2,1-2H3,(H,16,17). The highest BCUT2D eigenvalue weighted by Gasteiger charge is 2.28. The number of nitrogens with one attached hydrogen (secondary N) is 1. The molecule has 5 nitrogen and oxygen atoms in total. The Morgan fingerprint density at radius 3 is 2.30 bits per heavy atom. The number of benzene rings is 1. The SMILES string of the molecule is CCCS(=O)(=O)C(C)C(=O)Nc1c(Cl)cc(N)cc1Cl. The number of anilines is 2. The van der Waals surface area contributed by atoms with Crippen molar-refractivity contribution in [2.24, 2.45) is 0 Å². The molecule has 1 rings (SSSR count). The van der Waals surface area contributed by atoms with Crippen LogP contribution in [-0.4, -0.2) is 25.3 Å². The Hall–Kier alpha value is -0.980. The summed E-state index contributed by atoms with van der Waals surface area (Å²) in [5.74, 6) is -0.725. The molecule has 0 bridgehead atoms. The highest BCUT2D eigenvalue weighted by Crippen LogP contribution is 2.33. The first-order chi connectivity index (χ1) is 9.19. The quantitative estimate of drug-likeness (QED) is 0.807. The van der Waals surface area contributed by atoms with Gasteiger partial charge in [0.25, 0.3) is 0 Å². The van der Waals surface area contributed by atoms with Crippen LogP contribution in [0.5, 0.6) is 0 Å². The van der Waals surface area contributed by atoms with Gasteiger partial charge in [0.2, 0.25) is 5.91 Å². The van der Waals surface area contributed by atoms with Crippen LogP contribution in [0.15, 0.2) is 12.1 Å². The molecule has 0 spiro atoms. The lowest BCUT2D eigenvalue weighted by atomic mass is 10.2. The van der Waals surface area contributed by atoms with Gasteiger partial charge in [-0.2, -0.15) is 0 Å². The molecule has 1 unspecified atom stereocenters. The molecule has 0 radical (unpaired) electrons. The lowest BCUT2D eigenvalue weighted by Gasteiger charge is -2.15. The van der Waals surface area contributed by atoms with Gasteiger partial charge in [-0.15, -0.1) is 0 Å². The van der Waals surface area contributed by atoms with Crippen LogP contribution in [0.1, 0.15) is 20.3 Å².